The van der Waals surface area contributed by atoms with Gasteiger partial charge in [-0.3, -0.25) is 0 Å². The van der Waals surface area contributed by atoms with Gasteiger partial charge in [0.2, 0.25) is 0 Å². The van der Waals surface area contributed by atoms with E-state index < -0.39 is 0 Å². The van der Waals surface area contributed by atoms with Crippen LogP contribution in [0, 0.1) is 6.07 Å². The average Bonchev–Trinajstić information content (AvgIpc) is 1.90. The fourth-order valence-corrected chi connectivity index (χ4v) is 0.557. The van der Waals surface area contributed by atoms with Gasteiger partial charge in [0, 0.05) is 21.1 Å². The predicted octanol–water partition coefficient (Wildman–Crippen LogP) is 0.943. The molecule has 2 heteroatoms. The van der Waals surface area contributed by atoms with E-state index in [1.54, 1.807) is 0 Å². The van der Waals surface area contributed by atoms with Crippen molar-refractivity contribution < 1.29 is 21.1 Å². The molecule has 0 fully saturated rings. The molecule has 0 atom stereocenters. The molecule has 1 aromatic rings. The fraction of sp³-hybridized carbons (Fsp3) is 0.143. The first kappa shape index (κ1) is 8.87. The van der Waals surface area contributed by atoms with Gasteiger partial charge in [-0.25, -0.2) is 0 Å². The molecule has 0 saturated heterocycles. The fourth-order valence-electron chi connectivity index (χ4n) is 0.557. The van der Waals surface area contributed by atoms with Crippen LogP contribution in [0.25, 0.3) is 0 Å². The van der Waals surface area contributed by atoms with E-state index in [9.17, 15) is 0 Å². The van der Waals surface area contributed by atoms with Gasteiger partial charge >= 0.3 is 0 Å². The summed E-state index contributed by atoms with van der Waals surface area (Å²) in [6, 6.07) is 10.7. The molecule has 0 radical (unpaired) electrons. The third kappa shape index (κ3) is 2.78. The van der Waals surface area contributed by atoms with E-state index in [0.717, 1.165) is 5.56 Å². The Bertz CT molecular complexity index is 150. The number of nitrogens with two attached hydrogens (primary N) is 1. The molecule has 0 heterocycles. The van der Waals surface area contributed by atoms with Crippen molar-refractivity contribution in [1.82, 2.24) is 0 Å². The third-order valence-electron chi connectivity index (χ3n) is 0.993. The molecule has 0 saturated carbocycles. The maximum atomic E-state index is 5.32. The summed E-state index contributed by atoms with van der Waals surface area (Å²) in [6.45, 7) is 0.584. The van der Waals surface area contributed by atoms with E-state index in [0.29, 0.717) is 6.54 Å². The summed E-state index contributed by atoms with van der Waals surface area (Å²) in [5, 5.41) is 0. The van der Waals surface area contributed by atoms with Crippen LogP contribution in [0.3, 0.4) is 0 Å². The topological polar surface area (TPSA) is 26.0 Å². The molecule has 1 nitrogen and oxygen atoms in total. The van der Waals surface area contributed by atoms with Crippen molar-refractivity contribution in [3.8, 4) is 0 Å². The monoisotopic (exact) mass is 301 g/mol. The van der Waals surface area contributed by atoms with Gasteiger partial charge in [-0.05, 0) is 6.54 Å². The van der Waals surface area contributed by atoms with Crippen LogP contribution in [-0.2, 0) is 27.6 Å². The summed E-state index contributed by atoms with van der Waals surface area (Å²) < 4.78 is 0. The summed E-state index contributed by atoms with van der Waals surface area (Å²) in [4.78, 5) is 0. The van der Waals surface area contributed by atoms with Gasteiger partial charge in [-0.1, -0.05) is 0 Å². The van der Waals surface area contributed by atoms with Crippen molar-refractivity contribution in [3.05, 3.63) is 35.9 Å². The van der Waals surface area contributed by atoms with Gasteiger partial charge in [0.1, 0.15) is 0 Å². The molecule has 52 valence electrons. The van der Waals surface area contributed by atoms with E-state index in [4.69, 9.17) is 5.73 Å². The molecule has 9 heavy (non-hydrogen) atoms. The summed E-state index contributed by atoms with van der Waals surface area (Å²) in [7, 11) is 0. The smallest absolute Gasteiger partial charge is 0 e. The Morgan fingerprint density at radius 3 is 2.56 bits per heavy atom. The molecule has 0 aliphatic rings. The van der Waals surface area contributed by atoms with Crippen LogP contribution in [0.2, 0.25) is 0 Å². The van der Waals surface area contributed by atoms with Crippen molar-refractivity contribution in [1.29, 1.82) is 0 Å². The minimum absolute atomic E-state index is 0. The Morgan fingerprint density at radius 1 is 1.44 bits per heavy atom. The molecule has 0 unspecified atom stereocenters. The van der Waals surface area contributed by atoms with Gasteiger partial charge < -0.3 is 5.73 Å². The summed E-state index contributed by atoms with van der Waals surface area (Å²) in [5.41, 5.74) is 6.38. The molecule has 1 aromatic carbocycles. The van der Waals surface area contributed by atoms with Crippen molar-refractivity contribution in [2.24, 2.45) is 5.73 Å². The first-order valence-corrected chi connectivity index (χ1v) is 2.59. The second kappa shape index (κ2) is 4.72. The molecule has 2 N–H and O–H groups in total. The van der Waals surface area contributed by atoms with Crippen molar-refractivity contribution in [2.45, 2.75) is 6.54 Å². The van der Waals surface area contributed by atoms with Crippen molar-refractivity contribution in [3.63, 3.8) is 0 Å². The van der Waals surface area contributed by atoms with Crippen LogP contribution in [0.1, 0.15) is 5.56 Å². The van der Waals surface area contributed by atoms with Crippen LogP contribution in [-0.4, -0.2) is 0 Å². The SMILES string of the molecule is NCc1[c-]cccc1.[Pt]. The zero-order chi connectivity index (χ0) is 5.82. The first-order chi connectivity index (χ1) is 3.93. The second-order valence-corrected chi connectivity index (χ2v) is 1.59. The summed E-state index contributed by atoms with van der Waals surface area (Å²) in [5.74, 6) is 0. The minimum Gasteiger partial charge on any atom is -0.328 e. The van der Waals surface area contributed by atoms with Crippen molar-refractivity contribution in [2.75, 3.05) is 0 Å². The van der Waals surface area contributed by atoms with Gasteiger partial charge in [-0.15, -0.1) is 5.56 Å². The van der Waals surface area contributed by atoms with Gasteiger partial charge in [-0.2, -0.15) is 30.3 Å². The van der Waals surface area contributed by atoms with E-state index in [1.165, 1.54) is 0 Å². The van der Waals surface area contributed by atoms with Gasteiger partial charge in [0.05, 0.1) is 0 Å². The van der Waals surface area contributed by atoms with Crippen LogP contribution in [0.4, 0.5) is 0 Å². The molecule has 0 spiro atoms. The van der Waals surface area contributed by atoms with E-state index >= 15 is 0 Å². The van der Waals surface area contributed by atoms with Crippen LogP contribution >= 0.6 is 0 Å². The predicted molar refractivity (Wildman–Crippen MR) is 33.2 cm³/mol. The molecule has 0 aliphatic carbocycles. The molecule has 1 rings (SSSR count). The Balaban J connectivity index is 0.000000640. The van der Waals surface area contributed by atoms with E-state index in [2.05, 4.69) is 6.07 Å². The first-order valence-electron chi connectivity index (χ1n) is 2.59. The molecule has 0 aliphatic heterocycles. The zero-order valence-electron chi connectivity index (χ0n) is 4.91. The Morgan fingerprint density at radius 2 is 2.22 bits per heavy atom. The molecular weight excluding hydrogens is 293 g/mol. The number of hydrogen-bond donors (Lipinski definition) is 1. The Kier molecular flexibility index (Phi) is 4.65. The molecule has 0 amide bonds. The normalized spacial score (nSPS) is 8.11. The van der Waals surface area contributed by atoms with Gasteiger partial charge in [0.25, 0.3) is 0 Å². The summed E-state index contributed by atoms with van der Waals surface area (Å²) in [6.07, 6.45) is 0. The quantitative estimate of drug-likeness (QED) is 0.768. The van der Waals surface area contributed by atoms with Crippen LogP contribution in [0.15, 0.2) is 24.3 Å². The molecular formula is C7H8NPt-. The largest absolute Gasteiger partial charge is 0.328 e. The zero-order valence-corrected chi connectivity index (χ0v) is 7.18. The number of hydrogen-bond acceptors (Lipinski definition) is 1. The third-order valence-corrected chi connectivity index (χ3v) is 0.993. The molecule has 0 aromatic heterocycles. The Hall–Kier alpha value is -0.132. The number of benzene rings is 1. The minimum atomic E-state index is 0. The van der Waals surface area contributed by atoms with Crippen LogP contribution < -0.4 is 5.73 Å². The van der Waals surface area contributed by atoms with Crippen molar-refractivity contribution >= 4 is 0 Å². The van der Waals surface area contributed by atoms with Gasteiger partial charge in [0.15, 0.2) is 0 Å². The maximum Gasteiger partial charge on any atom is 0 e. The average molecular weight is 301 g/mol. The van der Waals surface area contributed by atoms with E-state index in [1.807, 2.05) is 24.3 Å². The molecule has 0 bridgehead atoms. The standard InChI is InChI=1S/C7H8N.Pt/c8-6-7-4-2-1-3-5-7;/h1-4H,6,8H2;/q-1;. The summed E-state index contributed by atoms with van der Waals surface area (Å²) >= 11 is 0. The second-order valence-electron chi connectivity index (χ2n) is 1.59. The van der Waals surface area contributed by atoms with Crippen LogP contribution in [0.5, 0.6) is 0 Å². The van der Waals surface area contributed by atoms with E-state index in [-0.39, 0.29) is 21.1 Å². The maximum absolute atomic E-state index is 5.32. The Labute approximate surface area is 69.5 Å². The number of rotatable bonds is 1.